The molecule has 0 aliphatic carbocycles. The molecule has 1 N–H and O–H groups in total. The van der Waals surface area contributed by atoms with E-state index < -0.39 is 17.3 Å². The molecule has 0 spiro atoms. The van der Waals surface area contributed by atoms with Crippen molar-refractivity contribution in [3.05, 3.63) is 70.2 Å². The monoisotopic (exact) mass is 575 g/mol. The van der Waals surface area contributed by atoms with Gasteiger partial charge in [0.25, 0.3) is 0 Å². The minimum absolute atomic E-state index is 0.0454. The van der Waals surface area contributed by atoms with E-state index in [1.54, 1.807) is 32.7 Å². The molecule has 1 aromatic carbocycles. The maximum absolute atomic E-state index is 12.7. The number of aryl methyl sites for hydroxylation is 3. The van der Waals surface area contributed by atoms with Crippen LogP contribution >= 0.6 is 0 Å². The molecule has 1 saturated heterocycles. The van der Waals surface area contributed by atoms with E-state index in [0.29, 0.717) is 32.4 Å². The molecule has 9 heteroatoms. The molecule has 4 rings (SSSR count). The predicted molar refractivity (Wildman–Crippen MR) is 164 cm³/mol. The van der Waals surface area contributed by atoms with E-state index in [1.807, 2.05) is 23.6 Å². The number of piperidine rings is 1. The summed E-state index contributed by atoms with van der Waals surface area (Å²) in [5, 5.41) is 15.9. The SMILES string of the molecule is CCc1nn2c(C)cc(C)nc2c1Cc1ccc(C=CCC2(O)CCN(C(=O)CN(C)C(=O)OC(C)(C)C)CC2)cc1. The Bertz CT molecular complexity index is 1440. The molecule has 0 atom stereocenters. The first-order chi connectivity index (χ1) is 19.8. The van der Waals surface area contributed by atoms with Crippen LogP contribution in [0.5, 0.6) is 0 Å². The Balaban J connectivity index is 1.29. The number of hydrogen-bond donors (Lipinski definition) is 1. The van der Waals surface area contributed by atoms with E-state index in [-0.39, 0.29) is 12.5 Å². The van der Waals surface area contributed by atoms with E-state index >= 15 is 0 Å². The number of carbonyl (C=O) groups is 2. The zero-order valence-electron chi connectivity index (χ0n) is 26.1. The van der Waals surface area contributed by atoms with Gasteiger partial charge in [0, 0.05) is 43.5 Å². The van der Waals surface area contributed by atoms with Crippen molar-refractivity contribution in [1.82, 2.24) is 24.4 Å². The quantitative estimate of drug-likeness (QED) is 0.400. The van der Waals surface area contributed by atoms with Crippen LogP contribution in [0.15, 0.2) is 36.4 Å². The molecule has 3 aromatic rings. The van der Waals surface area contributed by atoms with Crippen molar-refractivity contribution in [3.8, 4) is 0 Å². The summed E-state index contributed by atoms with van der Waals surface area (Å²) >= 11 is 0. The average molecular weight is 576 g/mol. The lowest BCUT2D eigenvalue weighted by Crippen LogP contribution is -2.49. The van der Waals surface area contributed by atoms with E-state index in [2.05, 4.69) is 44.2 Å². The van der Waals surface area contributed by atoms with Crippen LogP contribution in [0, 0.1) is 13.8 Å². The summed E-state index contributed by atoms with van der Waals surface area (Å²) in [7, 11) is 1.56. The van der Waals surface area contributed by atoms with Crippen molar-refractivity contribution in [2.24, 2.45) is 0 Å². The fourth-order valence-electron chi connectivity index (χ4n) is 5.32. The summed E-state index contributed by atoms with van der Waals surface area (Å²) in [5.74, 6) is -0.141. The second-order valence-corrected chi connectivity index (χ2v) is 12.5. The van der Waals surface area contributed by atoms with Gasteiger partial charge in [0.15, 0.2) is 5.65 Å². The summed E-state index contributed by atoms with van der Waals surface area (Å²) in [6.45, 7) is 12.5. The van der Waals surface area contributed by atoms with Gasteiger partial charge in [-0.1, -0.05) is 43.3 Å². The molecule has 0 radical (unpaired) electrons. The second-order valence-electron chi connectivity index (χ2n) is 12.5. The Hall–Kier alpha value is -3.72. The molecule has 42 heavy (non-hydrogen) atoms. The molecule has 0 bridgehead atoms. The lowest BCUT2D eigenvalue weighted by molar-refractivity contribution is -0.136. The first-order valence-electron chi connectivity index (χ1n) is 14.8. The van der Waals surface area contributed by atoms with Gasteiger partial charge in [-0.3, -0.25) is 4.79 Å². The number of aliphatic hydroxyl groups is 1. The lowest BCUT2D eigenvalue weighted by atomic mass is 9.88. The fraction of sp³-hybridized carbons (Fsp3) is 0.515. The Kier molecular flexibility index (Phi) is 9.40. The van der Waals surface area contributed by atoms with Crippen molar-refractivity contribution >= 4 is 23.7 Å². The molecule has 2 amide bonds. The summed E-state index contributed by atoms with van der Waals surface area (Å²) in [6.07, 6.45) is 6.65. The maximum atomic E-state index is 12.7. The number of carbonyl (C=O) groups excluding carboxylic acids is 2. The van der Waals surface area contributed by atoms with E-state index in [1.165, 1.54) is 16.0 Å². The van der Waals surface area contributed by atoms with Crippen molar-refractivity contribution < 1.29 is 19.4 Å². The molecular weight excluding hydrogens is 530 g/mol. The zero-order chi connectivity index (χ0) is 30.7. The van der Waals surface area contributed by atoms with Crippen LogP contribution in [0.2, 0.25) is 0 Å². The molecule has 1 aliphatic heterocycles. The number of likely N-dealkylation sites (tertiary alicyclic amines) is 1. The molecule has 226 valence electrons. The Morgan fingerprint density at radius 2 is 1.81 bits per heavy atom. The van der Waals surface area contributed by atoms with Crippen molar-refractivity contribution in [1.29, 1.82) is 0 Å². The van der Waals surface area contributed by atoms with Crippen molar-refractivity contribution in [3.63, 3.8) is 0 Å². The molecule has 2 aromatic heterocycles. The average Bonchev–Trinajstić information content (AvgIpc) is 3.26. The number of nitrogens with zero attached hydrogens (tertiary/aromatic N) is 5. The third-order valence-corrected chi connectivity index (χ3v) is 7.70. The van der Waals surface area contributed by atoms with Crippen LogP contribution < -0.4 is 0 Å². The zero-order valence-corrected chi connectivity index (χ0v) is 26.1. The van der Waals surface area contributed by atoms with Gasteiger partial charge >= 0.3 is 6.09 Å². The number of benzene rings is 1. The molecule has 0 saturated carbocycles. The summed E-state index contributed by atoms with van der Waals surface area (Å²) in [4.78, 5) is 32.7. The Labute approximate surface area is 249 Å². The summed E-state index contributed by atoms with van der Waals surface area (Å²) in [6, 6.07) is 10.5. The second kappa shape index (κ2) is 12.7. The van der Waals surface area contributed by atoms with Crippen LogP contribution in [-0.4, -0.2) is 79.4 Å². The number of ether oxygens (including phenoxy) is 1. The van der Waals surface area contributed by atoms with Crippen LogP contribution in [0.1, 0.15) is 80.7 Å². The summed E-state index contributed by atoms with van der Waals surface area (Å²) in [5.41, 5.74) is 6.07. The van der Waals surface area contributed by atoms with Crippen LogP contribution in [-0.2, 0) is 22.4 Å². The highest BCUT2D eigenvalue weighted by molar-refractivity contribution is 5.82. The molecule has 9 nitrogen and oxygen atoms in total. The predicted octanol–water partition coefficient (Wildman–Crippen LogP) is 5.12. The molecule has 1 fully saturated rings. The number of likely N-dealkylation sites (N-methyl/N-ethyl adjacent to an activating group) is 1. The summed E-state index contributed by atoms with van der Waals surface area (Å²) < 4.78 is 7.28. The van der Waals surface area contributed by atoms with Crippen LogP contribution in [0.3, 0.4) is 0 Å². The maximum Gasteiger partial charge on any atom is 0.410 e. The number of hydrogen-bond acceptors (Lipinski definition) is 6. The minimum atomic E-state index is -0.854. The highest BCUT2D eigenvalue weighted by Gasteiger charge is 2.33. The molecular formula is C33H45N5O4. The first kappa shape index (κ1) is 31.2. The van der Waals surface area contributed by atoms with Crippen LogP contribution in [0.25, 0.3) is 11.7 Å². The fourth-order valence-corrected chi connectivity index (χ4v) is 5.32. The largest absolute Gasteiger partial charge is 0.444 e. The van der Waals surface area contributed by atoms with E-state index in [9.17, 15) is 14.7 Å². The Morgan fingerprint density at radius 3 is 2.43 bits per heavy atom. The van der Waals surface area contributed by atoms with Gasteiger partial charge in [-0.2, -0.15) is 5.10 Å². The highest BCUT2D eigenvalue weighted by Crippen LogP contribution is 2.27. The number of fused-ring (bicyclic) bond motifs is 1. The standard InChI is InChI=1S/C33H45N5O4/c1-8-28-27(30-34-23(2)20-24(3)38(30)35-28)21-26-13-11-25(12-14-26)10-9-15-33(41)16-18-37(19-17-33)29(39)22-36(7)31(40)42-32(4,5)6/h9-14,20,41H,8,15-19,21-22H2,1-7H3. The minimum Gasteiger partial charge on any atom is -0.444 e. The highest BCUT2D eigenvalue weighted by atomic mass is 16.6. The number of amides is 2. The van der Waals surface area contributed by atoms with Gasteiger partial charge in [0.05, 0.1) is 11.3 Å². The van der Waals surface area contributed by atoms with Gasteiger partial charge in [-0.25, -0.2) is 14.3 Å². The normalized spacial score (nSPS) is 15.4. The van der Waals surface area contributed by atoms with Crippen molar-refractivity contribution in [2.45, 2.75) is 84.8 Å². The van der Waals surface area contributed by atoms with Gasteiger partial charge in [0.2, 0.25) is 5.91 Å². The third kappa shape index (κ3) is 7.76. The smallest absolute Gasteiger partial charge is 0.410 e. The molecule has 3 heterocycles. The van der Waals surface area contributed by atoms with E-state index in [0.717, 1.165) is 41.1 Å². The lowest BCUT2D eigenvalue weighted by Gasteiger charge is -2.38. The van der Waals surface area contributed by atoms with Gasteiger partial charge in [-0.05, 0) is 77.5 Å². The first-order valence-corrected chi connectivity index (χ1v) is 14.8. The number of rotatable bonds is 8. The van der Waals surface area contributed by atoms with Gasteiger partial charge in [0.1, 0.15) is 12.1 Å². The van der Waals surface area contributed by atoms with Crippen LogP contribution in [0.4, 0.5) is 4.79 Å². The van der Waals surface area contributed by atoms with Gasteiger partial charge < -0.3 is 19.6 Å². The molecule has 0 unspecified atom stereocenters. The third-order valence-electron chi connectivity index (χ3n) is 7.70. The van der Waals surface area contributed by atoms with Crippen molar-refractivity contribution in [2.75, 3.05) is 26.7 Å². The Morgan fingerprint density at radius 1 is 1.14 bits per heavy atom. The van der Waals surface area contributed by atoms with Gasteiger partial charge in [-0.15, -0.1) is 0 Å². The molecule has 1 aliphatic rings. The topological polar surface area (TPSA) is 100 Å². The number of aromatic nitrogens is 3. The van der Waals surface area contributed by atoms with E-state index in [4.69, 9.17) is 14.8 Å².